The number of phenolic OH excluding ortho intramolecular Hbond substituents is 1. The van der Waals surface area contributed by atoms with Crippen LogP contribution in [0.3, 0.4) is 0 Å². The molecule has 0 heterocycles. The number of fused-ring (bicyclic) bond motifs is 3. The van der Waals surface area contributed by atoms with Crippen LogP contribution in [0.25, 0.3) is 5.76 Å². The average Bonchev–Trinajstić information content (AvgIpc) is 2.99. The second-order valence-electron chi connectivity index (χ2n) is 12.7. The lowest BCUT2D eigenvalue weighted by atomic mass is 9.57. The maximum Gasteiger partial charge on any atom is 0.337 e. The number of anilines is 1. The summed E-state index contributed by atoms with van der Waals surface area (Å²) < 4.78 is 4.74. The SMILES string of the molecule is COC(=O)c1ccc(CCCc2cc(N(C)C)c3c(c2O)C(O)=C2C(=O)[C@]4(O)C(O)=C(C(N)=O)C(=O)[C@@H](N(C)C)[C@@H]4C[C@@H]2C3)cc1. The number of amides is 1. The minimum absolute atomic E-state index is 0.0237. The fourth-order valence-electron chi connectivity index (χ4n) is 7.34. The first kappa shape index (κ1) is 32.7. The van der Waals surface area contributed by atoms with E-state index in [1.165, 1.54) is 12.0 Å². The Labute approximate surface area is 266 Å². The number of carbonyl (C=O) groups is 4. The van der Waals surface area contributed by atoms with Gasteiger partial charge in [-0.05, 0) is 87.0 Å². The molecule has 0 bridgehead atoms. The van der Waals surface area contributed by atoms with Crippen LogP contribution in [0.5, 0.6) is 5.75 Å². The molecule has 1 amide bonds. The summed E-state index contributed by atoms with van der Waals surface area (Å²) in [4.78, 5) is 54.7. The lowest BCUT2D eigenvalue weighted by Gasteiger charge is -2.50. The normalized spacial score (nSPS) is 24.0. The van der Waals surface area contributed by atoms with Gasteiger partial charge < -0.3 is 35.8 Å². The van der Waals surface area contributed by atoms with E-state index in [-0.39, 0.29) is 29.7 Å². The Bertz CT molecular complexity index is 1710. The predicted molar refractivity (Wildman–Crippen MR) is 168 cm³/mol. The average molecular weight is 634 g/mol. The maximum atomic E-state index is 14.2. The minimum Gasteiger partial charge on any atom is -0.508 e. The Kier molecular flexibility index (Phi) is 8.47. The molecule has 6 N–H and O–H groups in total. The van der Waals surface area contributed by atoms with Crippen LogP contribution in [-0.4, -0.2) is 95.7 Å². The predicted octanol–water partition coefficient (Wildman–Crippen LogP) is 1.99. The molecule has 1 fully saturated rings. The first-order valence-electron chi connectivity index (χ1n) is 15.0. The number of ketones is 2. The van der Waals surface area contributed by atoms with Crippen molar-refractivity contribution in [2.24, 2.45) is 17.6 Å². The molecule has 12 heteroatoms. The highest BCUT2D eigenvalue weighted by Gasteiger charge is 2.64. The second-order valence-corrected chi connectivity index (χ2v) is 12.7. The Morgan fingerprint density at radius 3 is 2.26 bits per heavy atom. The number of likely N-dealkylation sites (N-methyl/N-ethyl adjacent to an activating group) is 1. The molecule has 244 valence electrons. The number of esters is 1. The van der Waals surface area contributed by atoms with Crippen LogP contribution in [0, 0.1) is 11.8 Å². The Hall–Kier alpha value is -4.68. The summed E-state index contributed by atoms with van der Waals surface area (Å²) in [5, 5.41) is 46.1. The van der Waals surface area contributed by atoms with Crippen molar-refractivity contribution in [2.45, 2.75) is 43.7 Å². The van der Waals surface area contributed by atoms with E-state index >= 15 is 0 Å². The van der Waals surface area contributed by atoms with E-state index in [2.05, 4.69) is 0 Å². The quantitative estimate of drug-likeness (QED) is 0.211. The van der Waals surface area contributed by atoms with E-state index in [0.29, 0.717) is 36.0 Å². The summed E-state index contributed by atoms with van der Waals surface area (Å²) in [6, 6.07) is 7.75. The van der Waals surface area contributed by atoms with E-state index in [0.717, 1.165) is 11.3 Å². The van der Waals surface area contributed by atoms with Crippen molar-refractivity contribution < 1.29 is 44.3 Å². The number of phenols is 1. The van der Waals surface area contributed by atoms with Crippen molar-refractivity contribution in [1.29, 1.82) is 0 Å². The summed E-state index contributed by atoms with van der Waals surface area (Å²) in [6.07, 6.45) is 1.91. The molecule has 2 aromatic rings. The van der Waals surface area contributed by atoms with Crippen molar-refractivity contribution >= 4 is 34.9 Å². The van der Waals surface area contributed by atoms with Crippen molar-refractivity contribution in [3.05, 3.63) is 75.1 Å². The van der Waals surface area contributed by atoms with Gasteiger partial charge in [-0.25, -0.2) is 4.79 Å². The summed E-state index contributed by atoms with van der Waals surface area (Å²) in [5.41, 5.74) is 5.05. The summed E-state index contributed by atoms with van der Waals surface area (Å²) in [7, 11) is 8.11. The van der Waals surface area contributed by atoms with Gasteiger partial charge in [-0.15, -0.1) is 0 Å². The highest BCUT2D eigenvalue weighted by molar-refractivity contribution is 6.24. The lowest BCUT2D eigenvalue weighted by Crippen LogP contribution is -2.65. The molecule has 3 aliphatic carbocycles. The minimum atomic E-state index is -2.69. The van der Waals surface area contributed by atoms with Crippen molar-refractivity contribution in [3.8, 4) is 5.75 Å². The summed E-state index contributed by atoms with van der Waals surface area (Å²) in [6.45, 7) is 0. The smallest absolute Gasteiger partial charge is 0.337 e. The van der Waals surface area contributed by atoms with Crippen LogP contribution < -0.4 is 10.6 Å². The number of aliphatic hydroxyl groups is 3. The topological polar surface area (TPSA) is 191 Å². The molecule has 0 saturated heterocycles. The van der Waals surface area contributed by atoms with Crippen molar-refractivity contribution in [1.82, 2.24) is 4.90 Å². The van der Waals surface area contributed by atoms with E-state index in [1.807, 2.05) is 37.2 Å². The van der Waals surface area contributed by atoms with E-state index in [1.54, 1.807) is 26.2 Å². The number of nitrogens with two attached hydrogens (primary N) is 1. The third kappa shape index (κ3) is 5.01. The molecule has 0 aliphatic heterocycles. The summed E-state index contributed by atoms with van der Waals surface area (Å²) in [5.74, 6) is -7.15. The van der Waals surface area contributed by atoms with E-state index in [4.69, 9.17) is 10.5 Å². The van der Waals surface area contributed by atoms with Gasteiger partial charge in [-0.1, -0.05) is 12.1 Å². The number of rotatable bonds is 8. The van der Waals surface area contributed by atoms with Crippen LogP contribution in [0.4, 0.5) is 5.69 Å². The highest BCUT2D eigenvalue weighted by atomic mass is 16.5. The number of aromatic hydroxyl groups is 1. The number of carbonyl (C=O) groups excluding carboxylic acids is 4. The molecule has 12 nitrogen and oxygen atoms in total. The first-order chi connectivity index (χ1) is 21.6. The molecule has 4 atom stereocenters. The molecule has 3 aliphatic rings. The number of benzene rings is 2. The van der Waals surface area contributed by atoms with Gasteiger partial charge in [0.15, 0.2) is 11.4 Å². The number of aliphatic hydroxyl groups excluding tert-OH is 2. The molecule has 1 saturated carbocycles. The molecular formula is C34H39N3O9. The molecular weight excluding hydrogens is 594 g/mol. The molecule has 0 radical (unpaired) electrons. The van der Waals surface area contributed by atoms with Crippen LogP contribution in [-0.2, 0) is 38.4 Å². The van der Waals surface area contributed by atoms with Gasteiger partial charge in [0, 0.05) is 31.3 Å². The summed E-state index contributed by atoms with van der Waals surface area (Å²) >= 11 is 0. The number of ether oxygens (including phenoxy) is 1. The van der Waals surface area contributed by atoms with Gasteiger partial charge in [0.2, 0.25) is 5.78 Å². The van der Waals surface area contributed by atoms with Crippen LogP contribution >= 0.6 is 0 Å². The van der Waals surface area contributed by atoms with Gasteiger partial charge in [0.1, 0.15) is 22.8 Å². The van der Waals surface area contributed by atoms with Gasteiger partial charge >= 0.3 is 5.97 Å². The number of Topliss-reactive ketones (excluding diaryl/α,β-unsaturated/α-hetero) is 2. The van der Waals surface area contributed by atoms with Crippen LogP contribution in [0.2, 0.25) is 0 Å². The van der Waals surface area contributed by atoms with Crippen molar-refractivity contribution in [2.75, 3.05) is 40.2 Å². The zero-order chi connectivity index (χ0) is 33.8. The van der Waals surface area contributed by atoms with Crippen LogP contribution in [0.15, 0.2) is 47.2 Å². The molecule has 0 unspecified atom stereocenters. The number of hydrogen-bond acceptors (Lipinski definition) is 11. The fraction of sp³-hybridized carbons (Fsp3) is 0.412. The third-order valence-corrected chi connectivity index (χ3v) is 9.54. The molecule has 0 spiro atoms. The molecule has 46 heavy (non-hydrogen) atoms. The second kappa shape index (κ2) is 11.9. The molecule has 0 aromatic heterocycles. The number of hydrogen-bond donors (Lipinski definition) is 5. The highest BCUT2D eigenvalue weighted by Crippen LogP contribution is 2.54. The number of aryl methyl sites for hydroxylation is 2. The van der Waals surface area contributed by atoms with E-state index < -0.39 is 64.0 Å². The number of primary amides is 1. The standard InChI is InChI=1S/C34H39N3O9/c1-36(2)22-15-18(8-6-7-16-9-11-17(12-10-16)33(44)46-5)27(38)24-20(22)13-19-14-21-26(37(3)4)29(40)25(32(35)43)31(42)34(21,45)30(41)23(19)28(24)39/h9-12,15,19,21,26,38-39,42,45H,6-8,13-14H2,1-5H3,(H2,35,43)/t19-,21-,26-,34-/m0/s1. The zero-order valence-corrected chi connectivity index (χ0v) is 26.5. The molecule has 5 rings (SSSR count). The lowest BCUT2D eigenvalue weighted by molar-refractivity contribution is -0.153. The fourth-order valence-corrected chi connectivity index (χ4v) is 7.34. The van der Waals surface area contributed by atoms with E-state index in [9.17, 15) is 39.6 Å². The van der Waals surface area contributed by atoms with Gasteiger partial charge in [-0.3, -0.25) is 19.3 Å². The Balaban J connectivity index is 1.55. The maximum absolute atomic E-state index is 14.2. The zero-order valence-electron chi connectivity index (χ0n) is 26.5. The molecule has 2 aromatic carbocycles. The number of methoxy groups -OCH3 is 1. The van der Waals surface area contributed by atoms with Crippen molar-refractivity contribution in [3.63, 3.8) is 0 Å². The van der Waals surface area contributed by atoms with Gasteiger partial charge in [-0.2, -0.15) is 0 Å². The largest absolute Gasteiger partial charge is 0.508 e. The van der Waals surface area contributed by atoms with Gasteiger partial charge in [0.05, 0.1) is 24.3 Å². The van der Waals surface area contributed by atoms with Gasteiger partial charge in [0.25, 0.3) is 5.91 Å². The Morgan fingerprint density at radius 1 is 1.04 bits per heavy atom. The number of nitrogens with zero attached hydrogens (tertiary/aromatic N) is 2. The van der Waals surface area contributed by atoms with Crippen LogP contribution in [0.1, 0.15) is 45.5 Å². The monoisotopic (exact) mass is 633 g/mol. The Morgan fingerprint density at radius 2 is 1.70 bits per heavy atom. The third-order valence-electron chi connectivity index (χ3n) is 9.54. The first-order valence-corrected chi connectivity index (χ1v) is 15.0.